The van der Waals surface area contributed by atoms with Gasteiger partial charge in [0.25, 0.3) is 0 Å². The van der Waals surface area contributed by atoms with Gasteiger partial charge >= 0.3 is 0 Å². The molecule has 2 atom stereocenters. The van der Waals surface area contributed by atoms with Gasteiger partial charge in [-0.15, -0.1) is 0 Å². The van der Waals surface area contributed by atoms with Crippen molar-refractivity contribution in [2.45, 2.75) is 32.4 Å². The van der Waals surface area contributed by atoms with Crippen LogP contribution in [0.4, 0.5) is 8.78 Å². The summed E-state index contributed by atoms with van der Waals surface area (Å²) in [5.74, 6) is -0.587. The molecule has 19 heavy (non-hydrogen) atoms. The molecular weight excluding hydrogens is 246 g/mol. The van der Waals surface area contributed by atoms with E-state index in [0.29, 0.717) is 12.0 Å². The van der Waals surface area contributed by atoms with Crippen molar-refractivity contribution < 1.29 is 8.78 Å². The highest BCUT2D eigenvalue weighted by Gasteiger charge is 2.36. The number of hydrogen-bond acceptors (Lipinski definition) is 2. The molecule has 0 saturated carbocycles. The molecule has 106 valence electrons. The Morgan fingerprint density at radius 2 is 1.89 bits per heavy atom. The molecule has 1 aliphatic heterocycles. The average Bonchev–Trinajstić information content (AvgIpc) is 2.72. The third-order valence-corrected chi connectivity index (χ3v) is 3.92. The summed E-state index contributed by atoms with van der Waals surface area (Å²) in [4.78, 5) is 2.33. The molecule has 0 bridgehead atoms. The highest BCUT2D eigenvalue weighted by atomic mass is 19.1. The lowest BCUT2D eigenvalue weighted by molar-refractivity contribution is 0.182. The van der Waals surface area contributed by atoms with E-state index < -0.39 is 11.6 Å². The normalized spacial score (nSPS) is 24.3. The first-order chi connectivity index (χ1) is 9.02. The van der Waals surface area contributed by atoms with Crippen molar-refractivity contribution in [3.8, 4) is 0 Å². The number of benzene rings is 1. The number of rotatable bonds is 4. The van der Waals surface area contributed by atoms with Crippen LogP contribution in [0.1, 0.15) is 31.9 Å². The molecule has 1 aromatic carbocycles. The maximum Gasteiger partial charge on any atom is 0.126 e. The van der Waals surface area contributed by atoms with Gasteiger partial charge in [0.1, 0.15) is 11.6 Å². The van der Waals surface area contributed by atoms with Crippen LogP contribution < -0.4 is 5.32 Å². The van der Waals surface area contributed by atoms with Gasteiger partial charge in [0.15, 0.2) is 0 Å². The fraction of sp³-hybridized carbons (Fsp3) is 0.600. The summed E-state index contributed by atoms with van der Waals surface area (Å²) < 4.78 is 26.9. The summed E-state index contributed by atoms with van der Waals surface area (Å²) in [5, 5.41) is 3.18. The van der Waals surface area contributed by atoms with Gasteiger partial charge in [-0.2, -0.15) is 0 Å². The van der Waals surface area contributed by atoms with Crippen LogP contribution in [0.3, 0.4) is 0 Å². The molecular formula is C15H22F2N2. The van der Waals surface area contributed by atoms with E-state index in [-0.39, 0.29) is 6.04 Å². The maximum absolute atomic E-state index is 13.4. The van der Waals surface area contributed by atoms with Crippen LogP contribution in [0, 0.1) is 17.6 Å². The van der Waals surface area contributed by atoms with Crippen LogP contribution in [0.15, 0.2) is 18.2 Å². The summed E-state index contributed by atoms with van der Waals surface area (Å²) in [6.07, 6.45) is 1.06. The smallest absolute Gasteiger partial charge is 0.126 e. The van der Waals surface area contributed by atoms with E-state index >= 15 is 0 Å². The van der Waals surface area contributed by atoms with Gasteiger partial charge in [-0.3, -0.25) is 4.90 Å². The third kappa shape index (κ3) is 3.12. The van der Waals surface area contributed by atoms with Gasteiger partial charge in [0.2, 0.25) is 0 Å². The molecule has 0 radical (unpaired) electrons. The van der Waals surface area contributed by atoms with Gasteiger partial charge in [-0.1, -0.05) is 0 Å². The molecule has 1 fully saturated rings. The summed E-state index contributed by atoms with van der Waals surface area (Å²) in [5.41, 5.74) is 0.754. The van der Waals surface area contributed by atoms with Crippen LogP contribution in [-0.2, 0) is 0 Å². The Hall–Kier alpha value is -1.00. The number of nitrogens with zero attached hydrogens (tertiary/aromatic N) is 1. The van der Waals surface area contributed by atoms with Gasteiger partial charge in [0.05, 0.1) is 0 Å². The first-order valence-corrected chi connectivity index (χ1v) is 6.89. The Kier molecular flexibility index (Phi) is 4.53. The molecule has 2 rings (SSSR count). The Bertz CT molecular complexity index is 414. The summed E-state index contributed by atoms with van der Waals surface area (Å²) in [7, 11) is 1.92. The summed E-state index contributed by atoms with van der Waals surface area (Å²) in [6.45, 7) is 6.10. The van der Waals surface area contributed by atoms with Crippen molar-refractivity contribution in [3.05, 3.63) is 35.4 Å². The predicted octanol–water partition coefficient (Wildman–Crippen LogP) is 2.96. The maximum atomic E-state index is 13.4. The Morgan fingerprint density at radius 3 is 2.42 bits per heavy atom. The zero-order valence-corrected chi connectivity index (χ0v) is 11.8. The number of hydrogen-bond donors (Lipinski definition) is 1. The molecule has 1 aliphatic rings. The molecule has 0 aliphatic carbocycles. The lowest BCUT2D eigenvalue weighted by Crippen LogP contribution is -2.34. The fourth-order valence-corrected chi connectivity index (χ4v) is 3.15. The number of likely N-dealkylation sites (tertiary alicyclic amines) is 1. The number of halogens is 2. The first-order valence-electron chi connectivity index (χ1n) is 6.89. The fourth-order valence-electron chi connectivity index (χ4n) is 3.15. The Balaban J connectivity index is 2.34. The van der Waals surface area contributed by atoms with E-state index in [1.54, 1.807) is 0 Å². The highest BCUT2D eigenvalue weighted by Crippen LogP contribution is 2.38. The largest absolute Gasteiger partial charge is 0.319 e. The molecule has 2 nitrogen and oxygen atoms in total. The standard InChI is InChI=1S/C15H22F2N2/c1-10(2)19-5-4-11(9-18-3)15(19)12-6-13(16)8-14(17)7-12/h6-8,10-11,15,18H,4-5,9H2,1-3H3. The molecule has 1 aromatic rings. The minimum absolute atomic E-state index is 0.0950. The van der Waals surface area contributed by atoms with Gasteiger partial charge in [0, 0.05) is 18.2 Å². The van der Waals surface area contributed by atoms with Crippen molar-refractivity contribution in [2.24, 2.45) is 5.92 Å². The molecule has 1 N–H and O–H groups in total. The molecule has 4 heteroatoms. The van der Waals surface area contributed by atoms with E-state index in [1.807, 2.05) is 7.05 Å². The minimum atomic E-state index is -0.492. The van der Waals surface area contributed by atoms with Crippen molar-refractivity contribution in [2.75, 3.05) is 20.1 Å². The van der Waals surface area contributed by atoms with Crippen LogP contribution in [0.25, 0.3) is 0 Å². The van der Waals surface area contributed by atoms with E-state index in [1.165, 1.54) is 12.1 Å². The second-order valence-electron chi connectivity index (χ2n) is 5.59. The van der Waals surface area contributed by atoms with Gasteiger partial charge in [-0.05, 0) is 64.0 Å². The van der Waals surface area contributed by atoms with Crippen LogP contribution in [0.2, 0.25) is 0 Å². The molecule has 2 unspecified atom stereocenters. The van der Waals surface area contributed by atoms with Crippen LogP contribution in [-0.4, -0.2) is 31.1 Å². The third-order valence-electron chi connectivity index (χ3n) is 3.92. The first kappa shape index (κ1) is 14.4. The second-order valence-corrected chi connectivity index (χ2v) is 5.59. The Labute approximate surface area is 113 Å². The molecule has 0 amide bonds. The molecule has 0 spiro atoms. The van der Waals surface area contributed by atoms with E-state index in [9.17, 15) is 8.78 Å². The zero-order chi connectivity index (χ0) is 14.0. The monoisotopic (exact) mass is 268 g/mol. The van der Waals surface area contributed by atoms with Crippen molar-refractivity contribution >= 4 is 0 Å². The summed E-state index contributed by atoms with van der Waals surface area (Å²) in [6, 6.07) is 4.34. The quantitative estimate of drug-likeness (QED) is 0.903. The molecule has 0 aromatic heterocycles. The lowest BCUT2D eigenvalue weighted by Gasteiger charge is -2.31. The SMILES string of the molecule is CNCC1CCN(C(C)C)C1c1cc(F)cc(F)c1. The zero-order valence-electron chi connectivity index (χ0n) is 11.8. The van der Waals surface area contributed by atoms with E-state index in [0.717, 1.165) is 31.1 Å². The van der Waals surface area contributed by atoms with E-state index in [4.69, 9.17) is 0 Å². The number of nitrogens with one attached hydrogen (secondary N) is 1. The highest BCUT2D eigenvalue weighted by molar-refractivity contribution is 5.23. The van der Waals surface area contributed by atoms with E-state index in [2.05, 4.69) is 24.1 Å². The van der Waals surface area contributed by atoms with Gasteiger partial charge < -0.3 is 5.32 Å². The van der Waals surface area contributed by atoms with Crippen molar-refractivity contribution in [1.29, 1.82) is 0 Å². The van der Waals surface area contributed by atoms with Gasteiger partial charge in [-0.25, -0.2) is 8.78 Å². The molecule has 1 saturated heterocycles. The minimum Gasteiger partial charge on any atom is -0.319 e. The lowest BCUT2D eigenvalue weighted by atomic mass is 9.93. The van der Waals surface area contributed by atoms with Crippen LogP contribution >= 0.6 is 0 Å². The molecule has 1 heterocycles. The second kappa shape index (κ2) is 5.97. The predicted molar refractivity (Wildman–Crippen MR) is 73.0 cm³/mol. The Morgan fingerprint density at radius 1 is 1.26 bits per heavy atom. The van der Waals surface area contributed by atoms with Crippen LogP contribution in [0.5, 0.6) is 0 Å². The summed E-state index contributed by atoms with van der Waals surface area (Å²) >= 11 is 0. The van der Waals surface area contributed by atoms with Crippen molar-refractivity contribution in [1.82, 2.24) is 10.2 Å². The van der Waals surface area contributed by atoms with Crippen molar-refractivity contribution in [3.63, 3.8) is 0 Å². The average molecular weight is 268 g/mol. The topological polar surface area (TPSA) is 15.3 Å².